The average Bonchev–Trinajstić information content (AvgIpc) is 2.47. The molecule has 0 fully saturated rings. The van der Waals surface area contributed by atoms with E-state index in [1.54, 1.807) is 6.08 Å². The number of rotatable bonds is 3. The SMILES string of the molecule is C#CC(O)(C=Cc1ccccc1)c1ccccc1. The van der Waals surface area contributed by atoms with Gasteiger partial charge >= 0.3 is 0 Å². The van der Waals surface area contributed by atoms with Gasteiger partial charge in [-0.25, -0.2) is 0 Å². The van der Waals surface area contributed by atoms with E-state index in [9.17, 15) is 5.11 Å². The molecular formula is C17H14O. The lowest BCUT2D eigenvalue weighted by atomic mass is 9.93. The highest BCUT2D eigenvalue weighted by molar-refractivity contribution is 5.53. The molecular weight excluding hydrogens is 220 g/mol. The summed E-state index contributed by atoms with van der Waals surface area (Å²) in [7, 11) is 0. The van der Waals surface area contributed by atoms with Crippen molar-refractivity contribution in [2.24, 2.45) is 0 Å². The number of terminal acetylenes is 1. The van der Waals surface area contributed by atoms with Gasteiger partial charge in [-0.15, -0.1) is 6.42 Å². The minimum absolute atomic E-state index is 0.694. The van der Waals surface area contributed by atoms with E-state index >= 15 is 0 Å². The first-order chi connectivity index (χ1) is 8.74. The molecule has 1 nitrogen and oxygen atoms in total. The van der Waals surface area contributed by atoms with E-state index in [2.05, 4.69) is 5.92 Å². The fraction of sp³-hybridized carbons (Fsp3) is 0.0588. The van der Waals surface area contributed by atoms with Crippen LogP contribution in [-0.4, -0.2) is 5.11 Å². The van der Waals surface area contributed by atoms with Gasteiger partial charge in [0, 0.05) is 0 Å². The summed E-state index contributed by atoms with van der Waals surface area (Å²) in [6, 6.07) is 19.0. The van der Waals surface area contributed by atoms with Crippen molar-refractivity contribution in [2.75, 3.05) is 0 Å². The monoisotopic (exact) mass is 234 g/mol. The van der Waals surface area contributed by atoms with Gasteiger partial charge in [0.1, 0.15) is 0 Å². The Hall–Kier alpha value is -2.30. The summed E-state index contributed by atoms with van der Waals surface area (Å²) in [5.74, 6) is 2.43. The molecule has 0 amide bonds. The van der Waals surface area contributed by atoms with Crippen LogP contribution >= 0.6 is 0 Å². The van der Waals surface area contributed by atoms with Gasteiger partial charge in [0.2, 0.25) is 0 Å². The molecule has 0 radical (unpaired) electrons. The minimum Gasteiger partial charge on any atom is -0.370 e. The Morgan fingerprint density at radius 3 is 2.06 bits per heavy atom. The largest absolute Gasteiger partial charge is 0.370 e. The molecule has 0 aromatic heterocycles. The highest BCUT2D eigenvalue weighted by Crippen LogP contribution is 2.22. The highest BCUT2D eigenvalue weighted by atomic mass is 16.3. The molecule has 18 heavy (non-hydrogen) atoms. The summed E-state index contributed by atoms with van der Waals surface area (Å²) in [5.41, 5.74) is 0.332. The second kappa shape index (κ2) is 5.35. The van der Waals surface area contributed by atoms with Crippen molar-refractivity contribution in [3.63, 3.8) is 0 Å². The van der Waals surface area contributed by atoms with Crippen LogP contribution in [-0.2, 0) is 5.60 Å². The zero-order valence-corrected chi connectivity index (χ0v) is 9.95. The molecule has 2 aromatic carbocycles. The van der Waals surface area contributed by atoms with Crippen molar-refractivity contribution in [3.8, 4) is 12.3 Å². The quantitative estimate of drug-likeness (QED) is 0.808. The summed E-state index contributed by atoms with van der Waals surface area (Å²) >= 11 is 0. The van der Waals surface area contributed by atoms with Crippen molar-refractivity contribution < 1.29 is 5.11 Å². The molecule has 1 heteroatoms. The predicted molar refractivity (Wildman–Crippen MR) is 74.6 cm³/mol. The summed E-state index contributed by atoms with van der Waals surface area (Å²) in [5, 5.41) is 10.4. The first-order valence-corrected chi connectivity index (χ1v) is 5.74. The highest BCUT2D eigenvalue weighted by Gasteiger charge is 2.22. The zero-order valence-electron chi connectivity index (χ0n) is 9.95. The summed E-state index contributed by atoms with van der Waals surface area (Å²) in [6.07, 6.45) is 8.91. The molecule has 1 N–H and O–H groups in total. The number of benzene rings is 2. The van der Waals surface area contributed by atoms with Crippen LogP contribution in [0, 0.1) is 12.3 Å². The number of hydrogen-bond donors (Lipinski definition) is 1. The van der Waals surface area contributed by atoms with Crippen LogP contribution in [0.2, 0.25) is 0 Å². The van der Waals surface area contributed by atoms with Crippen LogP contribution in [0.25, 0.3) is 6.08 Å². The van der Waals surface area contributed by atoms with E-state index in [1.165, 1.54) is 0 Å². The fourth-order valence-corrected chi connectivity index (χ4v) is 1.70. The van der Waals surface area contributed by atoms with Gasteiger partial charge in [-0.2, -0.15) is 0 Å². The maximum Gasteiger partial charge on any atom is 0.169 e. The molecule has 2 rings (SSSR count). The van der Waals surface area contributed by atoms with Gasteiger partial charge in [0.25, 0.3) is 0 Å². The lowest BCUT2D eigenvalue weighted by molar-refractivity contribution is 0.155. The van der Waals surface area contributed by atoms with E-state index in [-0.39, 0.29) is 0 Å². The van der Waals surface area contributed by atoms with Crippen LogP contribution in [0.4, 0.5) is 0 Å². The predicted octanol–water partition coefficient (Wildman–Crippen LogP) is 3.22. The fourth-order valence-electron chi connectivity index (χ4n) is 1.70. The van der Waals surface area contributed by atoms with Gasteiger partial charge in [-0.3, -0.25) is 0 Å². The summed E-state index contributed by atoms with van der Waals surface area (Å²) < 4.78 is 0. The van der Waals surface area contributed by atoms with Crippen LogP contribution in [0.1, 0.15) is 11.1 Å². The Morgan fingerprint density at radius 1 is 0.944 bits per heavy atom. The van der Waals surface area contributed by atoms with Gasteiger partial charge in [-0.05, 0) is 17.2 Å². The van der Waals surface area contributed by atoms with E-state index in [0.717, 1.165) is 5.56 Å². The van der Waals surface area contributed by atoms with Crippen LogP contribution in [0.5, 0.6) is 0 Å². The molecule has 0 aliphatic carbocycles. The van der Waals surface area contributed by atoms with Gasteiger partial charge in [0.05, 0.1) is 0 Å². The van der Waals surface area contributed by atoms with Crippen LogP contribution in [0.3, 0.4) is 0 Å². The molecule has 0 heterocycles. The Kier molecular flexibility index (Phi) is 3.62. The topological polar surface area (TPSA) is 20.2 Å². The smallest absolute Gasteiger partial charge is 0.169 e. The van der Waals surface area contributed by atoms with Crippen molar-refractivity contribution in [1.82, 2.24) is 0 Å². The average molecular weight is 234 g/mol. The van der Waals surface area contributed by atoms with E-state index in [1.807, 2.05) is 66.7 Å². The molecule has 2 aromatic rings. The Balaban J connectivity index is 2.30. The molecule has 1 unspecified atom stereocenters. The summed E-state index contributed by atoms with van der Waals surface area (Å²) in [4.78, 5) is 0. The molecule has 0 bridgehead atoms. The second-order valence-corrected chi connectivity index (χ2v) is 4.02. The van der Waals surface area contributed by atoms with Crippen molar-refractivity contribution in [2.45, 2.75) is 5.60 Å². The first-order valence-electron chi connectivity index (χ1n) is 5.74. The standard InChI is InChI=1S/C17H14O/c1-2-17(18,16-11-7-4-8-12-16)14-13-15-9-5-3-6-10-15/h1,3-14,18H. The summed E-state index contributed by atoms with van der Waals surface area (Å²) in [6.45, 7) is 0. The lowest BCUT2D eigenvalue weighted by Crippen LogP contribution is -2.19. The molecule has 0 spiro atoms. The minimum atomic E-state index is -1.36. The van der Waals surface area contributed by atoms with Crippen molar-refractivity contribution in [1.29, 1.82) is 0 Å². The van der Waals surface area contributed by atoms with E-state index in [4.69, 9.17) is 6.42 Å². The van der Waals surface area contributed by atoms with Crippen LogP contribution < -0.4 is 0 Å². The maximum atomic E-state index is 10.4. The maximum absolute atomic E-state index is 10.4. The van der Waals surface area contributed by atoms with Gasteiger partial charge in [-0.1, -0.05) is 72.7 Å². The van der Waals surface area contributed by atoms with Crippen LogP contribution in [0.15, 0.2) is 66.7 Å². The third kappa shape index (κ3) is 2.68. The van der Waals surface area contributed by atoms with Crippen molar-refractivity contribution >= 4 is 6.08 Å². The Labute approximate surface area is 107 Å². The van der Waals surface area contributed by atoms with Gasteiger partial charge < -0.3 is 5.11 Å². The third-order valence-corrected chi connectivity index (χ3v) is 2.75. The van der Waals surface area contributed by atoms with Crippen molar-refractivity contribution in [3.05, 3.63) is 77.9 Å². The molecule has 88 valence electrons. The molecule has 0 aliphatic rings. The molecule has 0 aliphatic heterocycles. The molecule has 0 saturated heterocycles. The zero-order chi connectivity index (χ0) is 12.8. The normalized spacial score (nSPS) is 14.0. The molecule has 0 saturated carbocycles. The Bertz CT molecular complexity index is 564. The second-order valence-electron chi connectivity index (χ2n) is 4.02. The van der Waals surface area contributed by atoms with Gasteiger partial charge in [0.15, 0.2) is 5.60 Å². The number of hydrogen-bond acceptors (Lipinski definition) is 1. The molecule has 1 atom stereocenters. The lowest BCUT2D eigenvalue weighted by Gasteiger charge is -2.18. The van der Waals surface area contributed by atoms with E-state index < -0.39 is 5.60 Å². The number of aliphatic hydroxyl groups is 1. The third-order valence-electron chi connectivity index (χ3n) is 2.75. The van der Waals surface area contributed by atoms with E-state index in [0.29, 0.717) is 5.56 Å². The Morgan fingerprint density at radius 2 is 1.50 bits per heavy atom. The first kappa shape index (κ1) is 12.2.